The lowest BCUT2D eigenvalue weighted by Crippen LogP contribution is -1.78. The lowest BCUT2D eigenvalue weighted by atomic mass is 10.2. The quantitative estimate of drug-likeness (QED) is 0.464. The van der Waals surface area contributed by atoms with E-state index in [0.29, 0.717) is 0 Å². The Kier molecular flexibility index (Phi) is 5.61. The van der Waals surface area contributed by atoms with Gasteiger partial charge < -0.3 is 0 Å². The molecule has 2 aromatic carbocycles. The second-order valence-electron chi connectivity index (χ2n) is 5.63. The number of thioether (sulfide) groups is 4. The predicted octanol–water partition coefficient (Wildman–Crippen LogP) is 7.85. The van der Waals surface area contributed by atoms with Gasteiger partial charge in [-0.15, -0.1) is 5.92 Å². The van der Waals surface area contributed by atoms with E-state index in [1.54, 1.807) is 0 Å². The molecular weight excluding hydrogens is 393 g/mol. The first-order valence-corrected chi connectivity index (χ1v) is 11.5. The molecule has 0 unspecified atom stereocenters. The molecule has 0 N–H and O–H groups in total. The highest BCUT2D eigenvalue weighted by Gasteiger charge is 2.29. The van der Waals surface area contributed by atoms with Gasteiger partial charge in [-0.3, -0.25) is 0 Å². The van der Waals surface area contributed by atoms with Crippen LogP contribution in [-0.2, 0) is 0 Å². The molecule has 0 saturated heterocycles. The molecule has 0 atom stereocenters. The Hall–Kier alpha value is -1.38. The van der Waals surface area contributed by atoms with E-state index >= 15 is 0 Å². The summed E-state index contributed by atoms with van der Waals surface area (Å²) in [7, 11) is 0. The van der Waals surface area contributed by atoms with Crippen LogP contribution in [0, 0.1) is 11.8 Å². The predicted molar refractivity (Wildman–Crippen MR) is 123 cm³/mol. The van der Waals surface area contributed by atoms with Crippen molar-refractivity contribution in [2.75, 3.05) is 0 Å². The number of hydrogen-bond acceptors (Lipinski definition) is 4. The van der Waals surface area contributed by atoms with Crippen molar-refractivity contribution in [2.24, 2.45) is 0 Å². The van der Waals surface area contributed by atoms with E-state index in [0.717, 1.165) is 0 Å². The summed E-state index contributed by atoms with van der Waals surface area (Å²) in [4.78, 5) is 5.19. The fourth-order valence-corrected chi connectivity index (χ4v) is 8.16. The molecule has 0 bridgehead atoms. The summed E-state index contributed by atoms with van der Waals surface area (Å²) < 4.78 is 2.72. The summed E-state index contributed by atoms with van der Waals surface area (Å²) in [6, 6.07) is 21.2. The maximum absolute atomic E-state index is 3.31. The van der Waals surface area contributed by atoms with Crippen LogP contribution >= 0.6 is 47.0 Å². The maximum atomic E-state index is 3.31. The standard InChI is InChI=1S/C22H16S4/c1-3-10-18-20(17-13-8-5-9-14-17)26-22(24-18)21-23-15(2)19(25-21)16-11-6-4-7-12-16/h4-9,11-14H,1-2H3/b22-21+. The van der Waals surface area contributed by atoms with Crippen LogP contribution in [0.15, 0.2) is 78.9 Å². The largest absolute Gasteiger partial charge is 0.101 e. The highest BCUT2D eigenvalue weighted by molar-refractivity contribution is 8.37. The number of hydrogen-bond donors (Lipinski definition) is 0. The van der Waals surface area contributed by atoms with Crippen LogP contribution in [0.1, 0.15) is 25.0 Å². The molecule has 26 heavy (non-hydrogen) atoms. The van der Waals surface area contributed by atoms with E-state index in [1.807, 2.05) is 54.0 Å². The molecular formula is C22H16S4. The van der Waals surface area contributed by atoms with Gasteiger partial charge in [0, 0.05) is 14.7 Å². The third-order valence-electron chi connectivity index (χ3n) is 3.83. The van der Waals surface area contributed by atoms with Crippen LogP contribution in [-0.4, -0.2) is 0 Å². The van der Waals surface area contributed by atoms with Crippen molar-refractivity contribution in [2.45, 2.75) is 13.8 Å². The molecule has 0 aromatic heterocycles. The van der Waals surface area contributed by atoms with Crippen LogP contribution in [0.4, 0.5) is 0 Å². The van der Waals surface area contributed by atoms with Gasteiger partial charge in [0.25, 0.3) is 0 Å². The van der Waals surface area contributed by atoms with Crippen molar-refractivity contribution in [1.82, 2.24) is 0 Å². The molecule has 0 fully saturated rings. The lowest BCUT2D eigenvalue weighted by molar-refractivity contribution is 1.62. The number of allylic oxidation sites excluding steroid dienone is 2. The molecule has 0 saturated carbocycles. The molecule has 0 radical (unpaired) electrons. The van der Waals surface area contributed by atoms with Crippen LogP contribution in [0.3, 0.4) is 0 Å². The topological polar surface area (TPSA) is 0 Å². The molecule has 0 amide bonds. The van der Waals surface area contributed by atoms with Crippen molar-refractivity contribution in [1.29, 1.82) is 0 Å². The third kappa shape index (κ3) is 3.68. The van der Waals surface area contributed by atoms with E-state index in [9.17, 15) is 0 Å². The summed E-state index contributed by atoms with van der Waals surface area (Å²) in [5.74, 6) is 6.38. The van der Waals surface area contributed by atoms with Gasteiger partial charge in [-0.2, -0.15) is 0 Å². The van der Waals surface area contributed by atoms with Crippen molar-refractivity contribution < 1.29 is 0 Å². The van der Waals surface area contributed by atoms with Gasteiger partial charge >= 0.3 is 0 Å². The van der Waals surface area contributed by atoms with Crippen molar-refractivity contribution in [3.05, 3.63) is 90.1 Å². The monoisotopic (exact) mass is 408 g/mol. The minimum Gasteiger partial charge on any atom is -0.101 e. The minimum atomic E-state index is 1.17. The van der Waals surface area contributed by atoms with Crippen LogP contribution < -0.4 is 0 Å². The zero-order valence-corrected chi connectivity index (χ0v) is 17.7. The highest BCUT2D eigenvalue weighted by Crippen LogP contribution is 2.63. The molecule has 2 aliphatic rings. The van der Waals surface area contributed by atoms with Gasteiger partial charge in [-0.25, -0.2) is 0 Å². The molecule has 2 aliphatic heterocycles. The molecule has 4 heteroatoms. The molecule has 2 aromatic rings. The first-order valence-electron chi connectivity index (χ1n) is 8.20. The van der Waals surface area contributed by atoms with Gasteiger partial charge in [-0.1, -0.05) is 114 Å². The molecule has 2 heterocycles. The van der Waals surface area contributed by atoms with Crippen molar-refractivity contribution in [3.63, 3.8) is 0 Å². The summed E-state index contributed by atoms with van der Waals surface area (Å²) >= 11 is 7.46. The smallest absolute Gasteiger partial charge is 0.0772 e. The normalized spacial score (nSPS) is 19.8. The SMILES string of the molecule is CC#CC1=C(c2ccccc2)S/C(=C2\SC(C)=C(c3ccccc3)S2)S1. The highest BCUT2D eigenvalue weighted by atomic mass is 32.2. The zero-order valence-electron chi connectivity index (χ0n) is 14.4. The molecule has 128 valence electrons. The second kappa shape index (κ2) is 8.10. The molecule has 0 spiro atoms. The fraction of sp³-hybridized carbons (Fsp3) is 0.0909. The van der Waals surface area contributed by atoms with E-state index in [4.69, 9.17) is 0 Å². The first kappa shape index (κ1) is 18.0. The Morgan fingerprint density at radius 1 is 0.654 bits per heavy atom. The van der Waals surface area contributed by atoms with Gasteiger partial charge in [0.15, 0.2) is 0 Å². The average molecular weight is 409 g/mol. The number of benzene rings is 2. The lowest BCUT2D eigenvalue weighted by Gasteiger charge is -2.04. The zero-order chi connectivity index (χ0) is 17.9. The van der Waals surface area contributed by atoms with Gasteiger partial charge in [-0.05, 0) is 25.0 Å². The van der Waals surface area contributed by atoms with E-state index < -0.39 is 0 Å². The molecule has 0 nitrogen and oxygen atoms in total. The minimum absolute atomic E-state index is 1.17. The Labute approximate surface area is 172 Å². The number of rotatable bonds is 2. The van der Waals surface area contributed by atoms with Crippen LogP contribution in [0.2, 0.25) is 0 Å². The summed E-state index contributed by atoms with van der Waals surface area (Å²) in [5.41, 5.74) is 2.55. The van der Waals surface area contributed by atoms with E-state index in [2.05, 4.69) is 79.4 Å². The average Bonchev–Trinajstić information content (AvgIpc) is 3.27. The Morgan fingerprint density at radius 2 is 1.19 bits per heavy atom. The van der Waals surface area contributed by atoms with Crippen LogP contribution in [0.5, 0.6) is 0 Å². The van der Waals surface area contributed by atoms with Crippen molar-refractivity contribution >= 4 is 56.9 Å². The summed E-state index contributed by atoms with van der Waals surface area (Å²) in [6.45, 7) is 4.13. The first-order chi connectivity index (χ1) is 12.8. The molecule has 0 aliphatic carbocycles. The third-order valence-corrected chi connectivity index (χ3v) is 9.58. The molecule has 4 rings (SSSR count). The summed E-state index contributed by atoms with van der Waals surface area (Å²) in [6.07, 6.45) is 0. The summed E-state index contributed by atoms with van der Waals surface area (Å²) in [5, 5.41) is 0. The van der Waals surface area contributed by atoms with Crippen molar-refractivity contribution in [3.8, 4) is 11.8 Å². The Balaban J connectivity index is 1.64. The van der Waals surface area contributed by atoms with Gasteiger partial charge in [0.1, 0.15) is 0 Å². The fourth-order valence-electron chi connectivity index (χ4n) is 2.66. The van der Waals surface area contributed by atoms with Gasteiger partial charge in [0.05, 0.1) is 13.4 Å². The van der Waals surface area contributed by atoms with Gasteiger partial charge in [0.2, 0.25) is 0 Å². The van der Waals surface area contributed by atoms with E-state index in [1.165, 1.54) is 39.2 Å². The maximum Gasteiger partial charge on any atom is 0.0772 e. The second-order valence-corrected chi connectivity index (χ2v) is 10.4. The van der Waals surface area contributed by atoms with Crippen LogP contribution in [0.25, 0.3) is 9.81 Å². The van der Waals surface area contributed by atoms with E-state index in [-0.39, 0.29) is 0 Å². The Morgan fingerprint density at radius 3 is 1.81 bits per heavy atom. The Bertz CT molecular complexity index is 987.